The summed E-state index contributed by atoms with van der Waals surface area (Å²) in [6.07, 6.45) is 6.12. The highest BCUT2D eigenvalue weighted by Gasteiger charge is 2.34. The Balaban J connectivity index is 1.96. The maximum absolute atomic E-state index is 6.32. The lowest BCUT2D eigenvalue weighted by atomic mass is 9.82. The molecule has 0 atom stereocenters. The molecule has 0 radical (unpaired) electrons. The van der Waals surface area contributed by atoms with Gasteiger partial charge in [-0.3, -0.25) is 0 Å². The van der Waals surface area contributed by atoms with E-state index >= 15 is 0 Å². The van der Waals surface area contributed by atoms with Gasteiger partial charge in [-0.25, -0.2) is 0 Å². The van der Waals surface area contributed by atoms with E-state index < -0.39 is 5.54 Å². The number of ether oxygens (including phenoxy) is 1. The molecule has 1 aliphatic carbocycles. The molecule has 5 nitrogen and oxygen atoms in total. The summed E-state index contributed by atoms with van der Waals surface area (Å²) < 4.78 is 10.6. The fourth-order valence-corrected chi connectivity index (χ4v) is 2.26. The second kappa shape index (κ2) is 5.60. The van der Waals surface area contributed by atoms with Gasteiger partial charge in [0.05, 0.1) is 12.1 Å². The smallest absolute Gasteiger partial charge is 0.246 e. The maximum Gasteiger partial charge on any atom is 0.246 e. The SMILES string of the molecule is CCOCCc1noc(C2(N)CCCCC2)n1. The van der Waals surface area contributed by atoms with Crippen molar-refractivity contribution < 1.29 is 9.26 Å². The van der Waals surface area contributed by atoms with E-state index in [-0.39, 0.29) is 0 Å². The number of rotatable bonds is 5. The Morgan fingerprint density at radius 2 is 2.12 bits per heavy atom. The van der Waals surface area contributed by atoms with Crippen LogP contribution in [0.25, 0.3) is 0 Å². The first-order chi connectivity index (χ1) is 8.24. The first-order valence-electron chi connectivity index (χ1n) is 6.44. The molecule has 0 bridgehead atoms. The number of hydrogen-bond acceptors (Lipinski definition) is 5. The lowest BCUT2D eigenvalue weighted by Gasteiger charge is -2.29. The maximum atomic E-state index is 6.32. The van der Waals surface area contributed by atoms with Gasteiger partial charge in [-0.05, 0) is 19.8 Å². The van der Waals surface area contributed by atoms with E-state index in [9.17, 15) is 0 Å². The molecule has 0 spiro atoms. The molecule has 1 heterocycles. The largest absolute Gasteiger partial charge is 0.381 e. The van der Waals surface area contributed by atoms with E-state index in [1.54, 1.807) is 0 Å². The van der Waals surface area contributed by atoms with Gasteiger partial charge in [0, 0.05) is 13.0 Å². The summed E-state index contributed by atoms with van der Waals surface area (Å²) in [5, 5.41) is 3.96. The van der Waals surface area contributed by atoms with Crippen molar-refractivity contribution in [2.24, 2.45) is 5.73 Å². The van der Waals surface area contributed by atoms with Crippen molar-refractivity contribution in [1.29, 1.82) is 0 Å². The van der Waals surface area contributed by atoms with Gasteiger partial charge in [-0.1, -0.05) is 24.4 Å². The van der Waals surface area contributed by atoms with Crippen LogP contribution in [0.4, 0.5) is 0 Å². The van der Waals surface area contributed by atoms with Crippen LogP contribution in [0.3, 0.4) is 0 Å². The van der Waals surface area contributed by atoms with Crippen molar-refractivity contribution in [1.82, 2.24) is 10.1 Å². The first-order valence-corrected chi connectivity index (χ1v) is 6.44. The molecule has 0 amide bonds. The van der Waals surface area contributed by atoms with Crippen LogP contribution >= 0.6 is 0 Å². The molecule has 1 aliphatic rings. The van der Waals surface area contributed by atoms with Crippen molar-refractivity contribution in [3.05, 3.63) is 11.7 Å². The third-order valence-electron chi connectivity index (χ3n) is 3.31. The number of hydrogen-bond donors (Lipinski definition) is 1. The lowest BCUT2D eigenvalue weighted by molar-refractivity contribution is 0.149. The van der Waals surface area contributed by atoms with Crippen molar-refractivity contribution in [2.45, 2.75) is 51.0 Å². The Hall–Kier alpha value is -0.940. The van der Waals surface area contributed by atoms with E-state index in [2.05, 4.69) is 10.1 Å². The zero-order valence-electron chi connectivity index (χ0n) is 10.4. The van der Waals surface area contributed by atoms with Crippen LogP contribution in [0, 0.1) is 0 Å². The second-order valence-corrected chi connectivity index (χ2v) is 4.68. The monoisotopic (exact) mass is 239 g/mol. The number of aromatic nitrogens is 2. The molecule has 0 aromatic carbocycles. The van der Waals surface area contributed by atoms with Gasteiger partial charge in [0.15, 0.2) is 5.82 Å². The Kier molecular flexibility index (Phi) is 4.12. The molecule has 0 unspecified atom stereocenters. The summed E-state index contributed by atoms with van der Waals surface area (Å²) in [6, 6.07) is 0. The molecule has 2 rings (SSSR count). The summed E-state index contributed by atoms with van der Waals surface area (Å²) in [5.74, 6) is 1.30. The zero-order valence-corrected chi connectivity index (χ0v) is 10.4. The second-order valence-electron chi connectivity index (χ2n) is 4.68. The first kappa shape index (κ1) is 12.5. The Labute approximate surface area is 102 Å². The summed E-state index contributed by atoms with van der Waals surface area (Å²) in [7, 11) is 0. The van der Waals surface area contributed by atoms with Crippen LogP contribution in [0.2, 0.25) is 0 Å². The molecule has 0 aliphatic heterocycles. The minimum absolute atomic E-state index is 0.394. The quantitative estimate of drug-likeness (QED) is 0.792. The molecule has 96 valence electrons. The molecule has 1 aromatic heterocycles. The third kappa shape index (κ3) is 3.04. The summed E-state index contributed by atoms with van der Waals surface area (Å²) >= 11 is 0. The molecule has 1 saturated carbocycles. The van der Waals surface area contributed by atoms with Gasteiger partial charge in [0.1, 0.15) is 0 Å². The Morgan fingerprint density at radius 1 is 1.35 bits per heavy atom. The lowest BCUT2D eigenvalue weighted by Crippen LogP contribution is -2.39. The highest BCUT2D eigenvalue weighted by molar-refractivity contribution is 5.03. The third-order valence-corrected chi connectivity index (χ3v) is 3.31. The van der Waals surface area contributed by atoms with Gasteiger partial charge in [0.2, 0.25) is 5.89 Å². The number of nitrogens with zero attached hydrogens (tertiary/aromatic N) is 2. The molecule has 1 fully saturated rings. The van der Waals surface area contributed by atoms with Gasteiger partial charge in [-0.2, -0.15) is 4.98 Å². The van der Waals surface area contributed by atoms with Gasteiger partial charge >= 0.3 is 0 Å². The summed E-state index contributed by atoms with van der Waals surface area (Å²) in [5.41, 5.74) is 5.93. The predicted molar refractivity (Wildman–Crippen MR) is 63.4 cm³/mol. The molecular formula is C12H21N3O2. The fraction of sp³-hybridized carbons (Fsp3) is 0.833. The molecule has 5 heteroatoms. The molecule has 1 aromatic rings. The zero-order chi connectivity index (χ0) is 12.1. The van der Waals surface area contributed by atoms with Gasteiger partial charge in [-0.15, -0.1) is 0 Å². The minimum atomic E-state index is -0.394. The van der Waals surface area contributed by atoms with Crippen LogP contribution in [0.1, 0.15) is 50.7 Å². The van der Waals surface area contributed by atoms with Gasteiger partial charge in [0.25, 0.3) is 0 Å². The minimum Gasteiger partial charge on any atom is -0.381 e. The topological polar surface area (TPSA) is 74.2 Å². The van der Waals surface area contributed by atoms with E-state index in [0.29, 0.717) is 31.3 Å². The standard InChI is InChI=1S/C12H21N3O2/c1-2-16-9-6-10-14-11(17-15-10)12(13)7-4-3-5-8-12/h2-9,13H2,1H3. The van der Waals surface area contributed by atoms with E-state index in [0.717, 1.165) is 25.7 Å². The average Bonchev–Trinajstić information content (AvgIpc) is 2.80. The molecular weight excluding hydrogens is 218 g/mol. The van der Waals surface area contributed by atoms with Crippen LogP contribution in [0.5, 0.6) is 0 Å². The highest BCUT2D eigenvalue weighted by Crippen LogP contribution is 2.33. The Bertz CT molecular complexity index is 345. The van der Waals surface area contributed by atoms with E-state index in [1.807, 2.05) is 6.92 Å². The van der Waals surface area contributed by atoms with Crippen LogP contribution in [-0.2, 0) is 16.7 Å². The normalized spacial score (nSPS) is 19.4. The van der Waals surface area contributed by atoms with E-state index in [4.69, 9.17) is 15.0 Å². The van der Waals surface area contributed by atoms with Gasteiger partial charge < -0.3 is 15.0 Å². The number of nitrogens with two attached hydrogens (primary N) is 1. The van der Waals surface area contributed by atoms with Crippen LogP contribution < -0.4 is 5.73 Å². The Morgan fingerprint density at radius 3 is 2.82 bits per heavy atom. The fourth-order valence-electron chi connectivity index (χ4n) is 2.26. The summed E-state index contributed by atoms with van der Waals surface area (Å²) in [4.78, 5) is 4.39. The molecule has 17 heavy (non-hydrogen) atoms. The summed E-state index contributed by atoms with van der Waals surface area (Å²) in [6.45, 7) is 3.32. The van der Waals surface area contributed by atoms with Crippen molar-refractivity contribution in [2.75, 3.05) is 13.2 Å². The average molecular weight is 239 g/mol. The van der Waals surface area contributed by atoms with Crippen LogP contribution in [0.15, 0.2) is 4.52 Å². The highest BCUT2D eigenvalue weighted by atomic mass is 16.5. The predicted octanol–water partition coefficient (Wildman–Crippen LogP) is 1.77. The molecule has 2 N–H and O–H groups in total. The van der Waals surface area contributed by atoms with Crippen molar-refractivity contribution in [3.8, 4) is 0 Å². The van der Waals surface area contributed by atoms with Crippen LogP contribution in [-0.4, -0.2) is 23.4 Å². The van der Waals surface area contributed by atoms with Crippen molar-refractivity contribution >= 4 is 0 Å². The van der Waals surface area contributed by atoms with Crippen molar-refractivity contribution in [3.63, 3.8) is 0 Å². The molecule has 0 saturated heterocycles. The van der Waals surface area contributed by atoms with E-state index in [1.165, 1.54) is 6.42 Å².